The van der Waals surface area contributed by atoms with Gasteiger partial charge in [-0.15, -0.1) is 0 Å². The summed E-state index contributed by atoms with van der Waals surface area (Å²) in [6, 6.07) is 20.1. The number of nitrogens with one attached hydrogen (secondary N) is 2. The van der Waals surface area contributed by atoms with Gasteiger partial charge in [-0.2, -0.15) is 8.42 Å². The molecular weight excluding hydrogens is 608 g/mol. The Kier molecular flexibility index (Phi) is 12.0. The fraction of sp³-hybridized carbons (Fsp3) is 0.333. The van der Waals surface area contributed by atoms with Crippen molar-refractivity contribution in [2.45, 2.75) is 53.9 Å². The molecule has 3 aromatic rings. The van der Waals surface area contributed by atoms with Crippen LogP contribution in [0.2, 0.25) is 5.02 Å². The van der Waals surface area contributed by atoms with Crippen molar-refractivity contribution < 1.29 is 22.6 Å². The van der Waals surface area contributed by atoms with Gasteiger partial charge in [0.15, 0.2) is 0 Å². The van der Waals surface area contributed by atoms with E-state index in [0.717, 1.165) is 22.3 Å². The predicted molar refractivity (Wildman–Crippen MR) is 185 cm³/mol. The van der Waals surface area contributed by atoms with Gasteiger partial charge in [0.1, 0.15) is 0 Å². The number of hydrogen-bond donors (Lipinski definition) is 3. The van der Waals surface area contributed by atoms with Crippen LogP contribution in [0.1, 0.15) is 80.1 Å². The number of allylic oxidation sites excluding steroid dienone is 2. The molecule has 3 N–H and O–H groups in total. The number of amides is 2. The zero-order valence-electron chi connectivity index (χ0n) is 26.7. The third kappa shape index (κ3) is 13.0. The van der Waals surface area contributed by atoms with E-state index >= 15 is 0 Å². The Hall–Kier alpha value is -3.72. The van der Waals surface area contributed by atoms with Crippen molar-refractivity contribution in [1.82, 2.24) is 5.32 Å². The van der Waals surface area contributed by atoms with Gasteiger partial charge in [0.05, 0.1) is 11.7 Å². The molecule has 0 radical (unpaired) electrons. The number of carbonyl (C=O) groups is 2. The molecule has 3 aromatic carbocycles. The van der Waals surface area contributed by atoms with Gasteiger partial charge in [0.2, 0.25) is 5.91 Å². The lowest BCUT2D eigenvalue weighted by molar-refractivity contribution is -0.117. The molecule has 1 unspecified atom stereocenters. The second-order valence-corrected chi connectivity index (χ2v) is 15.3. The normalized spacial score (nSPS) is 13.2. The first-order valence-electron chi connectivity index (χ1n) is 14.8. The highest BCUT2D eigenvalue weighted by Crippen LogP contribution is 2.28. The maximum absolute atomic E-state index is 13.9. The Bertz CT molecular complexity index is 1650. The highest BCUT2D eigenvalue weighted by molar-refractivity contribution is 7.85. The maximum Gasteiger partial charge on any atom is 0.266 e. The third-order valence-electron chi connectivity index (χ3n) is 6.70. The Labute approximate surface area is 272 Å². The van der Waals surface area contributed by atoms with Crippen LogP contribution in [0.15, 0.2) is 78.9 Å². The average molecular weight is 651 g/mol. The smallest absolute Gasteiger partial charge is 0.266 e. The number of benzene rings is 3. The molecule has 0 bridgehead atoms. The topological polar surface area (TPSA) is 113 Å². The maximum atomic E-state index is 13.9. The van der Waals surface area contributed by atoms with E-state index < -0.39 is 27.7 Å². The molecule has 7 nitrogen and oxygen atoms in total. The fourth-order valence-electron chi connectivity index (χ4n) is 4.33. The van der Waals surface area contributed by atoms with E-state index in [1.54, 1.807) is 30.3 Å². The minimum Gasteiger partial charge on any atom is -0.351 e. The summed E-state index contributed by atoms with van der Waals surface area (Å²) in [4.78, 5) is 26.3. The first-order valence-corrected chi connectivity index (χ1v) is 16.8. The summed E-state index contributed by atoms with van der Waals surface area (Å²) in [5.41, 5.74) is 4.53. The van der Waals surface area contributed by atoms with Crippen LogP contribution in [0, 0.1) is 10.8 Å². The van der Waals surface area contributed by atoms with Gasteiger partial charge in [-0.25, -0.2) is 0 Å². The van der Waals surface area contributed by atoms with Gasteiger partial charge < -0.3 is 10.6 Å². The summed E-state index contributed by atoms with van der Waals surface area (Å²) in [5.74, 6) is -1.78. The zero-order valence-corrected chi connectivity index (χ0v) is 28.3. The summed E-state index contributed by atoms with van der Waals surface area (Å²) in [6.45, 7) is 12.5. The summed E-state index contributed by atoms with van der Waals surface area (Å²) in [5, 5.41) is 6.05. The Morgan fingerprint density at radius 2 is 1.42 bits per heavy atom. The van der Waals surface area contributed by atoms with Gasteiger partial charge in [-0.05, 0) is 69.8 Å². The average Bonchev–Trinajstić information content (AvgIpc) is 2.92. The van der Waals surface area contributed by atoms with Crippen LogP contribution in [-0.2, 0) is 21.3 Å². The van der Waals surface area contributed by atoms with Crippen LogP contribution < -0.4 is 10.6 Å². The van der Waals surface area contributed by atoms with Crippen LogP contribution in [0.4, 0.5) is 5.69 Å². The highest BCUT2D eigenvalue weighted by atomic mass is 35.5. The predicted octanol–water partition coefficient (Wildman–Crippen LogP) is 8.04. The van der Waals surface area contributed by atoms with Crippen LogP contribution >= 0.6 is 11.6 Å². The second-order valence-electron chi connectivity index (χ2n) is 13.3. The van der Waals surface area contributed by atoms with Crippen LogP contribution in [0.25, 0.3) is 12.2 Å². The molecule has 240 valence electrons. The number of rotatable bonds is 11. The molecule has 0 aliphatic carbocycles. The van der Waals surface area contributed by atoms with Gasteiger partial charge in [-0.1, -0.05) is 114 Å². The molecule has 0 fully saturated rings. The Morgan fingerprint density at radius 1 is 0.844 bits per heavy atom. The molecule has 0 aliphatic heterocycles. The molecule has 0 aliphatic rings. The van der Waals surface area contributed by atoms with E-state index in [0.29, 0.717) is 22.7 Å². The minimum absolute atomic E-state index is 0.0125. The number of halogens is 1. The lowest BCUT2D eigenvalue weighted by Crippen LogP contribution is -2.28. The van der Waals surface area contributed by atoms with Crippen molar-refractivity contribution in [2.24, 2.45) is 10.8 Å². The van der Waals surface area contributed by atoms with Crippen molar-refractivity contribution >= 4 is 51.4 Å². The molecular formula is C36H43ClN2O5S. The molecule has 45 heavy (non-hydrogen) atoms. The molecule has 0 saturated heterocycles. The largest absolute Gasteiger partial charge is 0.351 e. The van der Waals surface area contributed by atoms with Gasteiger partial charge in [-0.3, -0.25) is 14.1 Å². The summed E-state index contributed by atoms with van der Waals surface area (Å²) in [6.07, 6.45) is 8.64. The molecule has 2 amide bonds. The fourth-order valence-corrected chi connectivity index (χ4v) is 4.93. The lowest BCUT2D eigenvalue weighted by Gasteiger charge is -2.19. The molecule has 0 aromatic heterocycles. The second kappa shape index (κ2) is 15.0. The Morgan fingerprint density at radius 3 is 1.98 bits per heavy atom. The monoisotopic (exact) mass is 650 g/mol. The van der Waals surface area contributed by atoms with Crippen molar-refractivity contribution in [3.8, 4) is 0 Å². The van der Waals surface area contributed by atoms with Crippen LogP contribution in [-0.4, -0.2) is 37.1 Å². The molecule has 0 heterocycles. The molecule has 3 rings (SSSR count). The van der Waals surface area contributed by atoms with E-state index in [-0.39, 0.29) is 23.3 Å². The molecule has 0 saturated carbocycles. The van der Waals surface area contributed by atoms with Crippen molar-refractivity contribution in [3.63, 3.8) is 0 Å². The van der Waals surface area contributed by atoms with Crippen molar-refractivity contribution in [1.29, 1.82) is 0 Å². The van der Waals surface area contributed by atoms with Crippen LogP contribution in [0.3, 0.4) is 0 Å². The third-order valence-corrected chi connectivity index (χ3v) is 7.63. The summed E-state index contributed by atoms with van der Waals surface area (Å²) in [7, 11) is -4.17. The van der Waals surface area contributed by atoms with Gasteiger partial charge >= 0.3 is 0 Å². The zero-order chi connectivity index (χ0) is 33.4. The summed E-state index contributed by atoms with van der Waals surface area (Å²) < 4.78 is 30.7. The van der Waals surface area contributed by atoms with E-state index in [1.165, 1.54) is 0 Å². The van der Waals surface area contributed by atoms with Gasteiger partial charge in [0, 0.05) is 22.8 Å². The lowest BCUT2D eigenvalue weighted by atomic mass is 9.89. The SMILES string of the molecule is CC(C)(C)/C=C/c1ccc(C(Cc2ccc(C(=O)NCCS(=O)(=O)O)cc2)C(=O)Nc2cc(Cl)cc(/C=C/C(C)(C)C)c2)cc1. The quantitative estimate of drug-likeness (QED) is 0.182. The number of hydrogen-bond acceptors (Lipinski definition) is 4. The standard InChI is InChI=1S/C36H43ClN2O5S/c1-35(2,3)17-15-25-7-11-28(12-8-25)32(23-26-9-13-29(14-10-26)33(40)38-19-20-45(42,43)44)34(41)39-31-22-27(21-30(37)24-31)16-18-36(4,5)6/h7-18,21-22,24,32H,19-20,23H2,1-6H3,(H,38,40)(H,39,41)(H,42,43,44)/b17-15+,18-16+. The highest BCUT2D eigenvalue weighted by Gasteiger charge is 2.22. The van der Waals surface area contributed by atoms with E-state index in [1.807, 2.05) is 42.5 Å². The molecule has 1 atom stereocenters. The first kappa shape index (κ1) is 35.8. The summed E-state index contributed by atoms with van der Waals surface area (Å²) >= 11 is 6.42. The number of anilines is 1. The van der Waals surface area contributed by atoms with Gasteiger partial charge in [0.25, 0.3) is 16.0 Å². The molecule has 9 heteroatoms. The molecule has 0 spiro atoms. The van der Waals surface area contributed by atoms with E-state index in [9.17, 15) is 18.0 Å². The minimum atomic E-state index is -4.17. The van der Waals surface area contributed by atoms with E-state index in [2.05, 4.69) is 70.4 Å². The van der Waals surface area contributed by atoms with Crippen molar-refractivity contribution in [2.75, 3.05) is 17.6 Å². The van der Waals surface area contributed by atoms with Crippen molar-refractivity contribution in [3.05, 3.63) is 112 Å². The first-order chi connectivity index (χ1) is 20.9. The number of carbonyl (C=O) groups excluding carboxylic acids is 2. The van der Waals surface area contributed by atoms with Crippen LogP contribution in [0.5, 0.6) is 0 Å². The van der Waals surface area contributed by atoms with E-state index in [4.69, 9.17) is 16.2 Å². The Balaban J connectivity index is 1.87.